The summed E-state index contributed by atoms with van der Waals surface area (Å²) < 4.78 is 0. The van der Waals surface area contributed by atoms with E-state index in [0.29, 0.717) is 11.4 Å². The van der Waals surface area contributed by atoms with Crippen LogP contribution >= 0.6 is 22.7 Å². The molecule has 0 bridgehead atoms. The highest BCUT2D eigenvalue weighted by Crippen LogP contribution is 2.32. The third-order valence-electron chi connectivity index (χ3n) is 4.19. The smallest absolute Gasteiger partial charge is 0.261 e. The van der Waals surface area contributed by atoms with Crippen LogP contribution in [0.1, 0.15) is 33.1 Å². The second kappa shape index (κ2) is 7.79. The van der Waals surface area contributed by atoms with Crippen molar-refractivity contribution in [1.82, 2.24) is 15.5 Å². The van der Waals surface area contributed by atoms with Crippen LogP contribution < -0.4 is 10.6 Å². The minimum absolute atomic E-state index is 0.0259. The zero-order valence-electron chi connectivity index (χ0n) is 13.8. The maximum atomic E-state index is 12.4. The molecule has 25 heavy (non-hydrogen) atoms. The molecule has 3 heterocycles. The summed E-state index contributed by atoms with van der Waals surface area (Å²) in [6, 6.07) is 5.55. The van der Waals surface area contributed by atoms with Gasteiger partial charge < -0.3 is 15.5 Å². The number of amides is 3. The van der Waals surface area contributed by atoms with Gasteiger partial charge in [0.05, 0.1) is 24.0 Å². The molecule has 3 rings (SSSR count). The number of thiophene rings is 2. The van der Waals surface area contributed by atoms with Gasteiger partial charge in [-0.2, -0.15) is 0 Å². The fourth-order valence-electron chi connectivity index (χ4n) is 2.84. The molecular weight excluding hydrogens is 358 g/mol. The van der Waals surface area contributed by atoms with Gasteiger partial charge in [-0.1, -0.05) is 6.07 Å². The van der Waals surface area contributed by atoms with Crippen LogP contribution in [-0.4, -0.2) is 42.3 Å². The highest BCUT2D eigenvalue weighted by Gasteiger charge is 2.28. The molecule has 2 N–H and O–H groups in total. The van der Waals surface area contributed by atoms with Crippen LogP contribution in [0.25, 0.3) is 0 Å². The van der Waals surface area contributed by atoms with Crippen molar-refractivity contribution < 1.29 is 14.4 Å². The molecular formula is C17H19N3O3S2. The Hall–Kier alpha value is -2.19. The highest BCUT2D eigenvalue weighted by molar-refractivity contribution is 7.12. The lowest BCUT2D eigenvalue weighted by atomic mass is 10.0. The number of carbonyl (C=O) groups is 3. The lowest BCUT2D eigenvalue weighted by Crippen LogP contribution is -2.46. The molecule has 1 atom stereocenters. The van der Waals surface area contributed by atoms with Gasteiger partial charge in [-0.05, 0) is 41.8 Å². The predicted octanol–water partition coefficient (Wildman–Crippen LogP) is 1.80. The maximum absolute atomic E-state index is 12.4. The average molecular weight is 377 g/mol. The van der Waals surface area contributed by atoms with Crippen LogP contribution in [0.3, 0.4) is 0 Å². The minimum atomic E-state index is -0.376. The average Bonchev–Trinajstić information content (AvgIpc) is 3.29. The molecule has 8 heteroatoms. The summed E-state index contributed by atoms with van der Waals surface area (Å²) in [5, 5.41) is 8.97. The molecule has 1 aliphatic rings. The molecule has 0 aliphatic carbocycles. The number of hydrogen-bond donors (Lipinski definition) is 2. The van der Waals surface area contributed by atoms with Gasteiger partial charge in [0.2, 0.25) is 11.8 Å². The van der Waals surface area contributed by atoms with Crippen molar-refractivity contribution in [3.63, 3.8) is 0 Å². The number of carbonyl (C=O) groups excluding carboxylic acids is 3. The van der Waals surface area contributed by atoms with E-state index in [9.17, 15) is 14.4 Å². The summed E-state index contributed by atoms with van der Waals surface area (Å²) in [5.41, 5.74) is 1.19. The normalized spacial score (nSPS) is 16.2. The molecule has 0 spiro atoms. The number of nitrogens with zero attached hydrogens (tertiary/aromatic N) is 1. The van der Waals surface area contributed by atoms with Crippen LogP contribution in [0, 0.1) is 0 Å². The first-order chi connectivity index (χ1) is 12.1. The second-order valence-corrected chi connectivity index (χ2v) is 7.70. The molecule has 1 aliphatic heterocycles. The molecule has 0 saturated heterocycles. The summed E-state index contributed by atoms with van der Waals surface area (Å²) >= 11 is 3.03. The molecule has 0 unspecified atom stereocenters. The van der Waals surface area contributed by atoms with Gasteiger partial charge in [-0.25, -0.2) is 0 Å². The van der Waals surface area contributed by atoms with Crippen molar-refractivity contribution in [2.75, 3.05) is 19.6 Å². The largest absolute Gasteiger partial charge is 0.345 e. The highest BCUT2D eigenvalue weighted by atomic mass is 32.1. The van der Waals surface area contributed by atoms with E-state index in [4.69, 9.17) is 0 Å². The number of hydrogen-bond acceptors (Lipinski definition) is 5. The summed E-state index contributed by atoms with van der Waals surface area (Å²) in [6.07, 6.45) is 0.855. The third kappa shape index (κ3) is 4.08. The Morgan fingerprint density at radius 1 is 1.16 bits per heavy atom. The van der Waals surface area contributed by atoms with Crippen LogP contribution in [0.5, 0.6) is 0 Å². The van der Waals surface area contributed by atoms with Crippen molar-refractivity contribution in [1.29, 1.82) is 0 Å². The fraction of sp³-hybridized carbons (Fsp3) is 0.353. The monoisotopic (exact) mass is 377 g/mol. The lowest BCUT2D eigenvalue weighted by molar-refractivity contribution is -0.134. The van der Waals surface area contributed by atoms with Gasteiger partial charge in [0, 0.05) is 11.4 Å². The first-order valence-corrected chi connectivity index (χ1v) is 9.76. The summed E-state index contributed by atoms with van der Waals surface area (Å²) in [5.74, 6) is -0.771. The lowest BCUT2D eigenvalue weighted by Gasteiger charge is -2.33. The van der Waals surface area contributed by atoms with Crippen LogP contribution in [-0.2, 0) is 16.0 Å². The Morgan fingerprint density at radius 3 is 2.76 bits per heavy atom. The van der Waals surface area contributed by atoms with Gasteiger partial charge in [-0.15, -0.1) is 22.7 Å². The van der Waals surface area contributed by atoms with E-state index in [1.807, 2.05) is 12.3 Å². The van der Waals surface area contributed by atoms with E-state index < -0.39 is 0 Å². The van der Waals surface area contributed by atoms with Crippen LogP contribution in [0.15, 0.2) is 29.0 Å². The van der Waals surface area contributed by atoms with E-state index in [0.717, 1.165) is 6.42 Å². The van der Waals surface area contributed by atoms with Gasteiger partial charge >= 0.3 is 0 Å². The summed E-state index contributed by atoms with van der Waals surface area (Å²) in [7, 11) is 0. The predicted molar refractivity (Wildman–Crippen MR) is 97.8 cm³/mol. The van der Waals surface area contributed by atoms with Crippen molar-refractivity contribution in [3.05, 3.63) is 44.3 Å². The van der Waals surface area contributed by atoms with E-state index in [1.54, 1.807) is 33.7 Å². The quantitative estimate of drug-likeness (QED) is 0.834. The first kappa shape index (κ1) is 17.6. The Morgan fingerprint density at radius 2 is 2.00 bits per heavy atom. The zero-order valence-corrected chi connectivity index (χ0v) is 15.4. The van der Waals surface area contributed by atoms with Gasteiger partial charge in [0.25, 0.3) is 5.91 Å². The molecule has 2 aromatic heterocycles. The topological polar surface area (TPSA) is 78.5 Å². The van der Waals surface area contributed by atoms with Crippen molar-refractivity contribution in [2.45, 2.75) is 19.4 Å². The molecule has 0 radical (unpaired) electrons. The fourth-order valence-corrected chi connectivity index (χ4v) is 4.45. The maximum Gasteiger partial charge on any atom is 0.261 e. The molecule has 0 aromatic carbocycles. The first-order valence-electron chi connectivity index (χ1n) is 8.00. The summed E-state index contributed by atoms with van der Waals surface area (Å²) in [6.45, 7) is 2.47. The van der Waals surface area contributed by atoms with Crippen molar-refractivity contribution in [2.24, 2.45) is 0 Å². The van der Waals surface area contributed by atoms with E-state index >= 15 is 0 Å². The Bertz CT molecular complexity index is 770. The van der Waals surface area contributed by atoms with Gasteiger partial charge in [-0.3, -0.25) is 14.4 Å². The number of nitrogens with one attached hydrogen (secondary N) is 2. The Balaban J connectivity index is 1.44. The van der Waals surface area contributed by atoms with E-state index in [1.165, 1.54) is 21.8 Å². The Kier molecular flexibility index (Phi) is 5.50. The number of rotatable bonds is 5. The zero-order chi connectivity index (χ0) is 17.8. The molecule has 0 saturated carbocycles. The standard InChI is InChI=1S/C17H19N3O3S2/c1-11-12-5-8-25-13(12)4-6-20(11)16(22)10-18-15(21)9-19-17(23)14-3-2-7-24-14/h2-3,5,7-8,11H,4,6,9-10H2,1H3,(H,18,21)(H,19,23)/t11-/m0/s1. The van der Waals surface area contributed by atoms with E-state index in [2.05, 4.69) is 16.7 Å². The molecule has 0 fully saturated rings. The molecule has 3 amide bonds. The second-order valence-electron chi connectivity index (χ2n) is 5.75. The minimum Gasteiger partial charge on any atom is -0.345 e. The SMILES string of the molecule is C[C@H]1c2ccsc2CCN1C(=O)CNC(=O)CNC(=O)c1cccs1. The molecule has 2 aromatic rings. The van der Waals surface area contributed by atoms with Crippen molar-refractivity contribution in [3.8, 4) is 0 Å². The molecule has 132 valence electrons. The number of fused-ring (bicyclic) bond motifs is 1. The Labute approximate surface area is 153 Å². The summed E-state index contributed by atoms with van der Waals surface area (Å²) in [4.78, 5) is 39.7. The van der Waals surface area contributed by atoms with Crippen molar-refractivity contribution >= 4 is 40.4 Å². The molecule has 6 nitrogen and oxygen atoms in total. The van der Waals surface area contributed by atoms with E-state index in [-0.39, 0.29) is 36.9 Å². The van der Waals surface area contributed by atoms with Gasteiger partial charge in [0.1, 0.15) is 0 Å². The third-order valence-corrected chi connectivity index (χ3v) is 6.05. The van der Waals surface area contributed by atoms with Gasteiger partial charge in [0.15, 0.2) is 0 Å². The van der Waals surface area contributed by atoms with Crippen LogP contribution in [0.2, 0.25) is 0 Å². The van der Waals surface area contributed by atoms with Crippen LogP contribution in [0.4, 0.5) is 0 Å².